The van der Waals surface area contributed by atoms with Crippen LogP contribution in [0.3, 0.4) is 0 Å². The second-order valence-corrected chi connectivity index (χ2v) is 6.55. The van der Waals surface area contributed by atoms with E-state index in [4.69, 9.17) is 12.2 Å². The van der Waals surface area contributed by atoms with Gasteiger partial charge in [0.2, 0.25) is 0 Å². The number of hydrogen-bond donors (Lipinski definition) is 1. The van der Waals surface area contributed by atoms with E-state index in [0.29, 0.717) is 22.3 Å². The van der Waals surface area contributed by atoms with Crippen LogP contribution >= 0.6 is 12.2 Å². The molecule has 3 rings (SSSR count). The van der Waals surface area contributed by atoms with Gasteiger partial charge in [0.05, 0.1) is 5.39 Å². The number of aromatic amines is 1. The van der Waals surface area contributed by atoms with E-state index >= 15 is 0 Å². The smallest absolute Gasteiger partial charge is 0.263 e. The first-order chi connectivity index (χ1) is 10.6. The van der Waals surface area contributed by atoms with Crippen molar-refractivity contribution in [2.24, 2.45) is 5.92 Å². The topological polar surface area (TPSA) is 53.9 Å². The van der Waals surface area contributed by atoms with E-state index in [0.717, 1.165) is 18.9 Å². The number of nitrogens with zero attached hydrogens (tertiary/aromatic N) is 3. The van der Waals surface area contributed by atoms with E-state index in [1.54, 1.807) is 22.9 Å². The van der Waals surface area contributed by atoms with Crippen molar-refractivity contribution in [3.63, 3.8) is 0 Å². The van der Waals surface area contributed by atoms with Crippen LogP contribution in [0.4, 0.5) is 0 Å². The Hall–Kier alpha value is -1.53. The van der Waals surface area contributed by atoms with E-state index in [1.165, 1.54) is 25.9 Å². The van der Waals surface area contributed by atoms with Crippen molar-refractivity contribution in [3.05, 3.63) is 33.5 Å². The summed E-state index contributed by atoms with van der Waals surface area (Å²) in [7, 11) is 0. The predicted molar refractivity (Wildman–Crippen MR) is 90.6 cm³/mol. The molecular weight excluding hydrogens is 296 g/mol. The van der Waals surface area contributed by atoms with Crippen LogP contribution in [0.2, 0.25) is 0 Å². The second-order valence-electron chi connectivity index (χ2n) is 6.16. The zero-order valence-electron chi connectivity index (χ0n) is 12.9. The Labute approximate surface area is 135 Å². The lowest BCUT2D eigenvalue weighted by Crippen LogP contribution is -2.34. The first kappa shape index (κ1) is 15.4. The Morgan fingerprint density at radius 3 is 2.91 bits per heavy atom. The first-order valence-corrected chi connectivity index (χ1v) is 8.36. The third-order valence-electron chi connectivity index (χ3n) is 4.49. The molecule has 118 valence electrons. The van der Waals surface area contributed by atoms with Crippen LogP contribution in [0.25, 0.3) is 11.0 Å². The van der Waals surface area contributed by atoms with Crippen molar-refractivity contribution in [1.82, 2.24) is 19.4 Å². The van der Waals surface area contributed by atoms with Gasteiger partial charge in [-0.05, 0) is 69.2 Å². The molecule has 1 aliphatic rings. The van der Waals surface area contributed by atoms with Crippen LogP contribution in [-0.2, 0) is 6.54 Å². The highest BCUT2D eigenvalue weighted by molar-refractivity contribution is 7.71. The van der Waals surface area contributed by atoms with Crippen molar-refractivity contribution < 1.29 is 0 Å². The molecule has 1 N–H and O–H groups in total. The third-order valence-corrected chi connectivity index (χ3v) is 4.81. The number of aromatic nitrogens is 3. The zero-order valence-corrected chi connectivity index (χ0v) is 13.7. The molecule has 3 heterocycles. The summed E-state index contributed by atoms with van der Waals surface area (Å²) >= 11 is 5.31. The zero-order chi connectivity index (χ0) is 15.5. The highest BCUT2D eigenvalue weighted by atomic mass is 32.1. The monoisotopic (exact) mass is 318 g/mol. The number of piperidine rings is 1. The van der Waals surface area contributed by atoms with E-state index in [9.17, 15) is 4.79 Å². The molecule has 2 aromatic rings. The van der Waals surface area contributed by atoms with Gasteiger partial charge in [-0.3, -0.25) is 9.36 Å². The lowest BCUT2D eigenvalue weighted by Gasteiger charge is -2.30. The number of likely N-dealkylation sites (tertiary alicyclic amines) is 1. The van der Waals surface area contributed by atoms with Gasteiger partial charge in [-0.2, -0.15) is 0 Å². The normalized spacial score (nSPS) is 17.1. The lowest BCUT2D eigenvalue weighted by molar-refractivity contribution is 0.188. The fraction of sp³-hybridized carbons (Fsp3) is 0.562. The quantitative estimate of drug-likeness (QED) is 0.880. The number of fused-ring (bicyclic) bond motifs is 1. The summed E-state index contributed by atoms with van der Waals surface area (Å²) in [4.78, 5) is 22.2. The van der Waals surface area contributed by atoms with Gasteiger partial charge in [0.1, 0.15) is 5.65 Å². The molecule has 0 radical (unpaired) electrons. The summed E-state index contributed by atoms with van der Waals surface area (Å²) in [6.07, 6.45) is 5.16. The predicted octanol–water partition coefficient (Wildman–Crippen LogP) is 2.58. The highest BCUT2D eigenvalue weighted by Gasteiger charge is 2.15. The van der Waals surface area contributed by atoms with Gasteiger partial charge in [-0.25, -0.2) is 4.98 Å². The molecule has 0 aliphatic carbocycles. The summed E-state index contributed by atoms with van der Waals surface area (Å²) in [5, 5.41) is 0.600. The summed E-state index contributed by atoms with van der Waals surface area (Å²) in [6.45, 7) is 6.35. The molecule has 6 heteroatoms. The Kier molecular flexibility index (Phi) is 4.69. The number of nitrogens with one attached hydrogen (secondary N) is 1. The maximum Gasteiger partial charge on any atom is 0.263 e. The van der Waals surface area contributed by atoms with E-state index < -0.39 is 0 Å². The van der Waals surface area contributed by atoms with Crippen molar-refractivity contribution in [2.45, 2.75) is 32.7 Å². The number of hydrogen-bond acceptors (Lipinski definition) is 4. The van der Waals surface area contributed by atoms with Crippen molar-refractivity contribution in [3.8, 4) is 0 Å². The number of rotatable bonds is 4. The van der Waals surface area contributed by atoms with E-state index in [2.05, 4.69) is 21.8 Å². The standard InChI is InChI=1S/C16H22N4OS/c1-12-5-10-19(11-6-12)8-3-9-20-15(21)13-4-2-7-17-14(13)18-16(20)22/h2,4,7,12H,3,5-6,8-11H2,1H3,(H,17,18,22). The minimum atomic E-state index is -0.0425. The molecule has 0 amide bonds. The molecule has 0 atom stereocenters. The minimum absolute atomic E-state index is 0.0425. The van der Waals surface area contributed by atoms with Crippen LogP contribution in [-0.4, -0.2) is 39.1 Å². The molecule has 1 fully saturated rings. The average molecular weight is 318 g/mol. The van der Waals surface area contributed by atoms with E-state index in [-0.39, 0.29) is 5.56 Å². The molecule has 2 aromatic heterocycles. The van der Waals surface area contributed by atoms with Gasteiger partial charge < -0.3 is 9.88 Å². The summed E-state index contributed by atoms with van der Waals surface area (Å²) < 4.78 is 2.12. The number of pyridine rings is 1. The molecule has 1 aliphatic heterocycles. The summed E-state index contributed by atoms with van der Waals surface area (Å²) in [5.41, 5.74) is 0.526. The minimum Gasteiger partial charge on any atom is -0.316 e. The molecule has 0 spiro atoms. The van der Waals surface area contributed by atoms with Gasteiger partial charge in [-0.15, -0.1) is 0 Å². The number of H-pyrrole nitrogens is 1. The second kappa shape index (κ2) is 6.71. The maximum atomic E-state index is 12.5. The third kappa shape index (κ3) is 3.28. The summed E-state index contributed by atoms with van der Waals surface area (Å²) in [6, 6.07) is 3.57. The Morgan fingerprint density at radius 2 is 2.14 bits per heavy atom. The van der Waals surface area contributed by atoms with Crippen LogP contribution in [0, 0.1) is 10.7 Å². The SMILES string of the molecule is CC1CCN(CCCn2c(=S)[nH]c3ncccc3c2=O)CC1. The maximum absolute atomic E-state index is 12.5. The largest absolute Gasteiger partial charge is 0.316 e. The van der Waals surface area contributed by atoms with Crippen molar-refractivity contribution in [1.29, 1.82) is 0 Å². The highest BCUT2D eigenvalue weighted by Crippen LogP contribution is 2.16. The first-order valence-electron chi connectivity index (χ1n) is 7.95. The Balaban J connectivity index is 1.69. The van der Waals surface area contributed by atoms with Gasteiger partial charge in [0, 0.05) is 12.7 Å². The molecule has 0 saturated carbocycles. The molecule has 5 nitrogen and oxygen atoms in total. The van der Waals surface area contributed by atoms with Gasteiger partial charge in [0.25, 0.3) is 5.56 Å². The average Bonchev–Trinajstić information content (AvgIpc) is 2.52. The fourth-order valence-corrected chi connectivity index (χ4v) is 3.30. The molecular formula is C16H22N4OS. The fourth-order valence-electron chi connectivity index (χ4n) is 3.03. The molecule has 0 unspecified atom stereocenters. The van der Waals surface area contributed by atoms with Gasteiger partial charge in [-0.1, -0.05) is 6.92 Å². The van der Waals surface area contributed by atoms with Gasteiger partial charge in [0.15, 0.2) is 4.77 Å². The van der Waals surface area contributed by atoms with Crippen molar-refractivity contribution in [2.75, 3.05) is 19.6 Å². The Morgan fingerprint density at radius 1 is 1.36 bits per heavy atom. The molecule has 1 saturated heterocycles. The summed E-state index contributed by atoms with van der Waals surface area (Å²) in [5.74, 6) is 0.848. The van der Waals surface area contributed by atoms with Crippen LogP contribution in [0.15, 0.2) is 23.1 Å². The lowest BCUT2D eigenvalue weighted by atomic mass is 9.99. The van der Waals surface area contributed by atoms with Gasteiger partial charge >= 0.3 is 0 Å². The van der Waals surface area contributed by atoms with Crippen LogP contribution in [0.5, 0.6) is 0 Å². The molecule has 0 bridgehead atoms. The van der Waals surface area contributed by atoms with Crippen LogP contribution in [0.1, 0.15) is 26.2 Å². The Bertz CT molecular complexity index is 759. The van der Waals surface area contributed by atoms with Crippen molar-refractivity contribution >= 4 is 23.3 Å². The molecule has 0 aromatic carbocycles. The molecule has 22 heavy (non-hydrogen) atoms. The van der Waals surface area contributed by atoms with E-state index in [1.807, 2.05) is 0 Å². The van der Waals surface area contributed by atoms with Crippen LogP contribution < -0.4 is 5.56 Å².